The van der Waals surface area contributed by atoms with E-state index < -0.39 is 0 Å². The van der Waals surface area contributed by atoms with Gasteiger partial charge in [-0.05, 0) is 49.1 Å². The van der Waals surface area contributed by atoms with Crippen molar-refractivity contribution in [2.45, 2.75) is 20.3 Å². The summed E-state index contributed by atoms with van der Waals surface area (Å²) in [6, 6.07) is 10.3. The summed E-state index contributed by atoms with van der Waals surface area (Å²) in [6.45, 7) is 4.29. The Labute approximate surface area is 157 Å². The molecule has 2 N–H and O–H groups in total. The fraction of sp³-hybridized carbons (Fsp3) is 0.182. The Morgan fingerprint density at radius 3 is 2.63 bits per heavy atom. The van der Waals surface area contributed by atoms with Gasteiger partial charge in [0.25, 0.3) is 0 Å². The van der Waals surface area contributed by atoms with Crippen molar-refractivity contribution in [1.29, 1.82) is 0 Å². The lowest BCUT2D eigenvalue weighted by atomic mass is 10.0. The average molecular weight is 364 g/mol. The van der Waals surface area contributed by atoms with Crippen LogP contribution in [0.5, 0.6) is 0 Å². The van der Waals surface area contributed by atoms with E-state index >= 15 is 0 Å². The van der Waals surface area contributed by atoms with Crippen molar-refractivity contribution in [1.82, 2.24) is 10.3 Å². The molecule has 0 fully saturated rings. The van der Waals surface area contributed by atoms with Gasteiger partial charge in [0.15, 0.2) is 6.29 Å². The second-order valence-electron chi connectivity index (χ2n) is 6.46. The van der Waals surface area contributed by atoms with Crippen molar-refractivity contribution >= 4 is 29.2 Å². The highest BCUT2D eigenvalue weighted by Gasteiger charge is 2.13. The third kappa shape index (κ3) is 3.97. The summed E-state index contributed by atoms with van der Waals surface area (Å²) in [7, 11) is 0. The number of nitrogens with one attached hydrogen (secondary N) is 2. The molecule has 0 spiro atoms. The van der Waals surface area contributed by atoms with Gasteiger partial charge >= 0.3 is 0 Å². The van der Waals surface area contributed by atoms with E-state index in [9.17, 15) is 14.0 Å². The Morgan fingerprint density at radius 2 is 1.89 bits per heavy atom. The zero-order chi connectivity index (χ0) is 19.4. The van der Waals surface area contributed by atoms with Gasteiger partial charge in [-0.2, -0.15) is 0 Å². The van der Waals surface area contributed by atoms with Crippen LogP contribution in [-0.4, -0.2) is 23.7 Å². The molecule has 0 saturated heterocycles. The van der Waals surface area contributed by atoms with Gasteiger partial charge in [0, 0.05) is 29.3 Å². The maximum atomic E-state index is 14.0. The van der Waals surface area contributed by atoms with Crippen molar-refractivity contribution in [3.63, 3.8) is 0 Å². The predicted molar refractivity (Wildman–Crippen MR) is 105 cm³/mol. The van der Waals surface area contributed by atoms with Crippen LogP contribution in [0.25, 0.3) is 17.0 Å². The van der Waals surface area contributed by atoms with Crippen molar-refractivity contribution in [3.05, 3.63) is 76.2 Å². The Balaban J connectivity index is 1.67. The molecule has 0 bridgehead atoms. The molecule has 0 aliphatic heterocycles. The number of halogens is 1. The molecule has 0 aliphatic rings. The average Bonchev–Trinajstić information content (AvgIpc) is 3.01. The molecule has 0 atom stereocenters. The molecule has 1 amide bonds. The van der Waals surface area contributed by atoms with Gasteiger partial charge in [-0.25, -0.2) is 4.39 Å². The Bertz CT molecular complexity index is 1030. The summed E-state index contributed by atoms with van der Waals surface area (Å²) >= 11 is 0. The first-order valence-corrected chi connectivity index (χ1v) is 8.77. The van der Waals surface area contributed by atoms with Crippen LogP contribution < -0.4 is 5.32 Å². The van der Waals surface area contributed by atoms with Gasteiger partial charge in [-0.15, -0.1) is 0 Å². The highest BCUT2D eigenvalue weighted by atomic mass is 19.1. The predicted octanol–water partition coefficient (Wildman–Crippen LogP) is 4.11. The maximum Gasteiger partial charge on any atom is 0.244 e. The number of rotatable bonds is 6. The summed E-state index contributed by atoms with van der Waals surface area (Å²) in [5.74, 6) is -0.512. The number of amides is 1. The number of hydrogen-bond acceptors (Lipinski definition) is 2. The van der Waals surface area contributed by atoms with Crippen LogP contribution in [0, 0.1) is 19.7 Å². The summed E-state index contributed by atoms with van der Waals surface area (Å²) in [4.78, 5) is 26.2. The standard InChI is InChI=1S/C22H21FN2O2/c1-14-7-9-19(23)22-21(14)18(15(2)25-22)11-12-24-20(27)10-8-16-5-3-4-6-17(16)13-26/h3-10,13,25H,11-12H2,1-2H3,(H,24,27)/b10-8+. The highest BCUT2D eigenvalue weighted by Crippen LogP contribution is 2.27. The van der Waals surface area contributed by atoms with E-state index in [0.717, 1.165) is 28.5 Å². The van der Waals surface area contributed by atoms with E-state index in [4.69, 9.17) is 0 Å². The van der Waals surface area contributed by atoms with E-state index in [1.54, 1.807) is 30.3 Å². The second-order valence-corrected chi connectivity index (χ2v) is 6.46. The van der Waals surface area contributed by atoms with E-state index in [1.807, 2.05) is 19.9 Å². The maximum absolute atomic E-state index is 14.0. The molecule has 27 heavy (non-hydrogen) atoms. The number of hydrogen-bond donors (Lipinski definition) is 2. The topological polar surface area (TPSA) is 62.0 Å². The van der Waals surface area contributed by atoms with E-state index in [2.05, 4.69) is 10.3 Å². The third-order valence-corrected chi connectivity index (χ3v) is 4.64. The van der Waals surface area contributed by atoms with Crippen LogP contribution in [0.4, 0.5) is 4.39 Å². The molecular formula is C22H21FN2O2. The molecule has 138 valence electrons. The molecule has 5 heteroatoms. The van der Waals surface area contributed by atoms with Crippen LogP contribution in [0.1, 0.15) is 32.7 Å². The minimum Gasteiger partial charge on any atom is -0.356 e. The monoisotopic (exact) mass is 364 g/mol. The zero-order valence-corrected chi connectivity index (χ0v) is 15.3. The van der Waals surface area contributed by atoms with Gasteiger partial charge in [0.05, 0.1) is 5.52 Å². The van der Waals surface area contributed by atoms with E-state index in [-0.39, 0.29) is 11.7 Å². The van der Waals surface area contributed by atoms with Crippen molar-refractivity contribution in [2.24, 2.45) is 0 Å². The molecule has 1 heterocycles. The Morgan fingerprint density at radius 1 is 1.15 bits per heavy atom. The number of aromatic nitrogens is 1. The largest absolute Gasteiger partial charge is 0.356 e. The molecule has 3 aromatic rings. The van der Waals surface area contributed by atoms with Crippen molar-refractivity contribution in [3.8, 4) is 0 Å². The first-order chi connectivity index (χ1) is 13.0. The van der Waals surface area contributed by atoms with Crippen LogP contribution >= 0.6 is 0 Å². The van der Waals surface area contributed by atoms with Gasteiger partial charge in [-0.1, -0.05) is 30.3 Å². The lowest BCUT2D eigenvalue weighted by Gasteiger charge is -2.05. The smallest absolute Gasteiger partial charge is 0.244 e. The summed E-state index contributed by atoms with van der Waals surface area (Å²) < 4.78 is 14.0. The van der Waals surface area contributed by atoms with Gasteiger partial charge < -0.3 is 10.3 Å². The Hall–Kier alpha value is -3.21. The van der Waals surface area contributed by atoms with Gasteiger partial charge in [-0.3, -0.25) is 9.59 Å². The van der Waals surface area contributed by atoms with E-state index in [0.29, 0.717) is 29.6 Å². The zero-order valence-electron chi connectivity index (χ0n) is 15.3. The van der Waals surface area contributed by atoms with Crippen molar-refractivity contribution in [2.75, 3.05) is 6.54 Å². The van der Waals surface area contributed by atoms with Crippen molar-refractivity contribution < 1.29 is 14.0 Å². The summed E-state index contributed by atoms with van der Waals surface area (Å²) in [5.41, 5.74) is 4.66. The quantitative estimate of drug-likeness (QED) is 0.511. The van der Waals surface area contributed by atoms with Crippen LogP contribution in [0.15, 0.2) is 42.5 Å². The lowest BCUT2D eigenvalue weighted by molar-refractivity contribution is -0.116. The van der Waals surface area contributed by atoms with E-state index in [1.165, 1.54) is 12.1 Å². The lowest BCUT2D eigenvalue weighted by Crippen LogP contribution is -2.23. The number of carbonyl (C=O) groups excluding carboxylic acids is 2. The first kappa shape index (κ1) is 18.6. The molecule has 0 unspecified atom stereocenters. The number of fused-ring (bicyclic) bond motifs is 1. The van der Waals surface area contributed by atoms with Gasteiger partial charge in [0.2, 0.25) is 5.91 Å². The fourth-order valence-electron chi connectivity index (χ4n) is 3.26. The summed E-state index contributed by atoms with van der Waals surface area (Å²) in [6.07, 6.45) is 4.39. The molecule has 0 radical (unpaired) electrons. The molecule has 1 aromatic heterocycles. The number of benzene rings is 2. The molecule has 0 saturated carbocycles. The van der Waals surface area contributed by atoms with Crippen LogP contribution in [0.2, 0.25) is 0 Å². The van der Waals surface area contributed by atoms with Gasteiger partial charge in [0.1, 0.15) is 5.82 Å². The summed E-state index contributed by atoms with van der Waals surface area (Å²) in [5, 5.41) is 3.72. The molecule has 2 aromatic carbocycles. The molecule has 0 aliphatic carbocycles. The third-order valence-electron chi connectivity index (χ3n) is 4.64. The fourth-order valence-corrected chi connectivity index (χ4v) is 3.26. The second kappa shape index (κ2) is 7.99. The minimum atomic E-state index is -0.272. The molecule has 4 nitrogen and oxygen atoms in total. The minimum absolute atomic E-state index is 0.240. The number of aromatic amines is 1. The molecule has 3 rings (SSSR count). The highest BCUT2D eigenvalue weighted by molar-refractivity contribution is 5.93. The normalized spacial score (nSPS) is 11.2. The van der Waals surface area contributed by atoms with Crippen LogP contribution in [-0.2, 0) is 11.2 Å². The number of aryl methyl sites for hydroxylation is 2. The number of carbonyl (C=O) groups is 2. The SMILES string of the molecule is Cc1[nH]c2c(F)ccc(C)c2c1CCNC(=O)/C=C/c1ccccc1C=O. The molecular weight excluding hydrogens is 343 g/mol. The number of aldehydes is 1. The van der Waals surface area contributed by atoms with Crippen LogP contribution in [0.3, 0.4) is 0 Å². The number of H-pyrrole nitrogens is 1. The first-order valence-electron chi connectivity index (χ1n) is 8.77. The Kier molecular flexibility index (Phi) is 5.50.